The number of hydrogen-bond acceptors (Lipinski definition) is 4. The summed E-state index contributed by atoms with van der Waals surface area (Å²) in [7, 11) is 0. The van der Waals surface area contributed by atoms with Crippen molar-refractivity contribution in [3.63, 3.8) is 0 Å². The molecule has 17 heavy (non-hydrogen) atoms. The van der Waals surface area contributed by atoms with Gasteiger partial charge in [0.15, 0.2) is 0 Å². The van der Waals surface area contributed by atoms with Crippen LogP contribution in [-0.2, 0) is 0 Å². The van der Waals surface area contributed by atoms with Gasteiger partial charge in [-0.25, -0.2) is 0 Å². The van der Waals surface area contributed by atoms with Gasteiger partial charge >= 0.3 is 0 Å². The standard InChI is InChI=1S/C13H27N3S/c1-12(2)9-15-4-6-16(7-5-15)10-13-11-17-8-3-14-13/h12-14H,3-11H2,1-2H3. The summed E-state index contributed by atoms with van der Waals surface area (Å²) < 4.78 is 0. The van der Waals surface area contributed by atoms with E-state index in [1.54, 1.807) is 0 Å². The first-order valence-corrected chi connectivity index (χ1v) is 8.15. The van der Waals surface area contributed by atoms with Crippen LogP contribution in [0.3, 0.4) is 0 Å². The van der Waals surface area contributed by atoms with Gasteiger partial charge in [-0.3, -0.25) is 4.90 Å². The Labute approximate surface area is 110 Å². The van der Waals surface area contributed by atoms with Crippen LogP contribution in [0.5, 0.6) is 0 Å². The van der Waals surface area contributed by atoms with Crippen molar-refractivity contribution in [1.29, 1.82) is 0 Å². The smallest absolute Gasteiger partial charge is 0.0285 e. The van der Waals surface area contributed by atoms with Gasteiger partial charge < -0.3 is 10.2 Å². The van der Waals surface area contributed by atoms with Crippen molar-refractivity contribution in [2.75, 3.05) is 57.3 Å². The molecule has 2 rings (SSSR count). The number of hydrogen-bond donors (Lipinski definition) is 1. The lowest BCUT2D eigenvalue weighted by Gasteiger charge is -2.37. The van der Waals surface area contributed by atoms with Crippen molar-refractivity contribution < 1.29 is 0 Å². The van der Waals surface area contributed by atoms with E-state index in [9.17, 15) is 0 Å². The molecule has 0 bridgehead atoms. The third-order valence-electron chi connectivity index (χ3n) is 3.57. The van der Waals surface area contributed by atoms with Gasteiger partial charge in [0.2, 0.25) is 0 Å². The van der Waals surface area contributed by atoms with Gasteiger partial charge in [0.05, 0.1) is 0 Å². The molecule has 0 saturated carbocycles. The lowest BCUT2D eigenvalue weighted by atomic mass is 10.2. The van der Waals surface area contributed by atoms with Gasteiger partial charge in [0.1, 0.15) is 0 Å². The Morgan fingerprint density at radius 2 is 1.88 bits per heavy atom. The van der Waals surface area contributed by atoms with Crippen molar-refractivity contribution in [2.45, 2.75) is 19.9 Å². The van der Waals surface area contributed by atoms with E-state index in [1.165, 1.54) is 57.3 Å². The molecule has 0 aromatic heterocycles. The highest BCUT2D eigenvalue weighted by atomic mass is 32.2. The van der Waals surface area contributed by atoms with Gasteiger partial charge in [0.25, 0.3) is 0 Å². The normalized spacial score (nSPS) is 28.8. The SMILES string of the molecule is CC(C)CN1CCN(CC2CSCCN2)CC1. The summed E-state index contributed by atoms with van der Waals surface area (Å²) in [6.07, 6.45) is 0. The molecule has 1 atom stereocenters. The van der Waals surface area contributed by atoms with Crippen molar-refractivity contribution in [3.05, 3.63) is 0 Å². The summed E-state index contributed by atoms with van der Waals surface area (Å²) in [5.41, 5.74) is 0. The van der Waals surface area contributed by atoms with Crippen molar-refractivity contribution >= 4 is 11.8 Å². The molecule has 0 amide bonds. The van der Waals surface area contributed by atoms with Crippen LogP contribution in [0, 0.1) is 5.92 Å². The minimum absolute atomic E-state index is 0.727. The first-order chi connectivity index (χ1) is 8.24. The molecule has 0 spiro atoms. The fourth-order valence-electron chi connectivity index (χ4n) is 2.72. The molecule has 1 unspecified atom stereocenters. The van der Waals surface area contributed by atoms with Crippen LogP contribution in [0.4, 0.5) is 0 Å². The molecular weight excluding hydrogens is 230 g/mol. The van der Waals surface area contributed by atoms with E-state index in [4.69, 9.17) is 0 Å². The summed E-state index contributed by atoms with van der Waals surface area (Å²) >= 11 is 2.10. The Morgan fingerprint density at radius 3 is 2.47 bits per heavy atom. The van der Waals surface area contributed by atoms with E-state index in [0.717, 1.165) is 12.0 Å². The second-order valence-corrected chi connectivity index (χ2v) is 6.87. The van der Waals surface area contributed by atoms with Crippen molar-refractivity contribution in [1.82, 2.24) is 15.1 Å². The van der Waals surface area contributed by atoms with Crippen LogP contribution in [0.2, 0.25) is 0 Å². The molecule has 0 radical (unpaired) electrons. The first-order valence-electron chi connectivity index (χ1n) is 7.00. The van der Waals surface area contributed by atoms with E-state index < -0.39 is 0 Å². The van der Waals surface area contributed by atoms with Crippen LogP contribution in [0.1, 0.15) is 13.8 Å². The van der Waals surface area contributed by atoms with Crippen LogP contribution >= 0.6 is 11.8 Å². The van der Waals surface area contributed by atoms with Gasteiger partial charge in [-0.05, 0) is 5.92 Å². The zero-order chi connectivity index (χ0) is 12.1. The highest BCUT2D eigenvalue weighted by molar-refractivity contribution is 7.99. The number of thioether (sulfide) groups is 1. The average Bonchev–Trinajstić information content (AvgIpc) is 2.32. The number of nitrogens with one attached hydrogen (secondary N) is 1. The lowest BCUT2D eigenvalue weighted by Crippen LogP contribution is -2.52. The first kappa shape index (κ1) is 13.7. The quantitative estimate of drug-likeness (QED) is 0.808. The van der Waals surface area contributed by atoms with Gasteiger partial charge in [-0.2, -0.15) is 11.8 Å². The van der Waals surface area contributed by atoms with Gasteiger partial charge in [-0.15, -0.1) is 0 Å². The van der Waals surface area contributed by atoms with Crippen LogP contribution in [0.15, 0.2) is 0 Å². The predicted octanol–water partition coefficient (Wildman–Crippen LogP) is 0.965. The number of rotatable bonds is 4. The van der Waals surface area contributed by atoms with E-state index in [-0.39, 0.29) is 0 Å². The Hall–Kier alpha value is 0.230. The Morgan fingerprint density at radius 1 is 1.18 bits per heavy atom. The van der Waals surface area contributed by atoms with E-state index in [0.29, 0.717) is 0 Å². The molecule has 4 heteroatoms. The van der Waals surface area contributed by atoms with Crippen molar-refractivity contribution in [2.24, 2.45) is 5.92 Å². The van der Waals surface area contributed by atoms with E-state index in [2.05, 4.69) is 40.7 Å². The second-order valence-electron chi connectivity index (χ2n) is 5.72. The molecule has 2 aliphatic rings. The van der Waals surface area contributed by atoms with Crippen LogP contribution < -0.4 is 5.32 Å². The molecule has 1 N–H and O–H groups in total. The summed E-state index contributed by atoms with van der Waals surface area (Å²) in [5.74, 6) is 3.39. The summed E-state index contributed by atoms with van der Waals surface area (Å²) in [6, 6.07) is 0.727. The fourth-order valence-corrected chi connectivity index (χ4v) is 3.66. The molecule has 0 aromatic carbocycles. The third-order valence-corrected chi connectivity index (χ3v) is 4.70. The predicted molar refractivity (Wildman–Crippen MR) is 76.8 cm³/mol. The topological polar surface area (TPSA) is 18.5 Å². The maximum absolute atomic E-state index is 3.63. The highest BCUT2D eigenvalue weighted by Crippen LogP contribution is 2.11. The summed E-state index contributed by atoms with van der Waals surface area (Å²) in [6.45, 7) is 13.4. The molecule has 2 heterocycles. The molecule has 2 saturated heterocycles. The maximum Gasteiger partial charge on any atom is 0.0285 e. The molecule has 0 aliphatic carbocycles. The van der Waals surface area contributed by atoms with Crippen LogP contribution in [-0.4, -0.2) is 73.2 Å². The Bertz CT molecular complexity index is 209. The molecule has 2 fully saturated rings. The minimum atomic E-state index is 0.727. The third kappa shape index (κ3) is 4.78. The average molecular weight is 257 g/mol. The van der Waals surface area contributed by atoms with Crippen LogP contribution in [0.25, 0.3) is 0 Å². The maximum atomic E-state index is 3.63. The molecule has 100 valence electrons. The zero-order valence-electron chi connectivity index (χ0n) is 11.3. The number of piperazine rings is 1. The zero-order valence-corrected chi connectivity index (χ0v) is 12.1. The second kappa shape index (κ2) is 6.98. The number of nitrogens with zero attached hydrogens (tertiary/aromatic N) is 2. The van der Waals surface area contributed by atoms with Crippen molar-refractivity contribution in [3.8, 4) is 0 Å². The largest absolute Gasteiger partial charge is 0.311 e. The lowest BCUT2D eigenvalue weighted by molar-refractivity contribution is 0.116. The molecule has 2 aliphatic heterocycles. The van der Waals surface area contributed by atoms with E-state index >= 15 is 0 Å². The summed E-state index contributed by atoms with van der Waals surface area (Å²) in [4.78, 5) is 5.25. The summed E-state index contributed by atoms with van der Waals surface area (Å²) in [5, 5.41) is 3.63. The Kier molecular flexibility index (Phi) is 5.60. The molecule has 3 nitrogen and oxygen atoms in total. The monoisotopic (exact) mass is 257 g/mol. The minimum Gasteiger partial charge on any atom is -0.311 e. The molecule has 0 aromatic rings. The van der Waals surface area contributed by atoms with Gasteiger partial charge in [-0.1, -0.05) is 13.8 Å². The highest BCUT2D eigenvalue weighted by Gasteiger charge is 2.21. The Balaban J connectivity index is 1.64. The molecular formula is C13H27N3S. The van der Waals surface area contributed by atoms with E-state index in [1.807, 2.05) is 0 Å². The van der Waals surface area contributed by atoms with Gasteiger partial charge in [0, 0.05) is 63.4 Å². The fraction of sp³-hybridized carbons (Fsp3) is 1.00.